The van der Waals surface area contributed by atoms with Crippen LogP contribution in [0, 0.1) is 0 Å². The lowest BCUT2D eigenvalue weighted by Gasteiger charge is -2.27. The minimum absolute atomic E-state index is 0.0995. The third kappa shape index (κ3) is 7.36. The summed E-state index contributed by atoms with van der Waals surface area (Å²) in [6, 6.07) is 15.5. The third-order valence-corrected chi connectivity index (χ3v) is 5.18. The zero-order valence-electron chi connectivity index (χ0n) is 17.7. The van der Waals surface area contributed by atoms with Crippen molar-refractivity contribution in [2.45, 2.75) is 25.2 Å². The molecule has 2 atom stereocenters. The fourth-order valence-corrected chi connectivity index (χ4v) is 3.62. The Morgan fingerprint density at radius 1 is 1.32 bits per heavy atom. The molecule has 0 saturated heterocycles. The van der Waals surface area contributed by atoms with Crippen molar-refractivity contribution in [1.82, 2.24) is 4.90 Å². The first-order valence-electron chi connectivity index (χ1n) is 10.3. The fraction of sp³-hybridized carbons (Fsp3) is 0.375. The van der Waals surface area contributed by atoms with Crippen molar-refractivity contribution in [3.05, 3.63) is 77.3 Å². The lowest BCUT2D eigenvalue weighted by Crippen LogP contribution is -2.39. The van der Waals surface area contributed by atoms with Gasteiger partial charge >= 0.3 is 0 Å². The molecular weight excluding hydrogens is 416 g/mol. The monoisotopic (exact) mass is 444 g/mol. The Kier molecular flexibility index (Phi) is 8.91. The molecule has 0 aliphatic carbocycles. The molecule has 2 aromatic rings. The molecule has 1 heterocycles. The summed E-state index contributed by atoms with van der Waals surface area (Å²) in [6.07, 6.45) is 1.64. The number of methoxy groups -OCH3 is 1. The smallest absolute Gasteiger partial charge is 0.145 e. The summed E-state index contributed by atoms with van der Waals surface area (Å²) in [5.41, 5.74) is 3.00. The zero-order valence-corrected chi connectivity index (χ0v) is 18.5. The maximum atomic E-state index is 10.4. The molecule has 1 aliphatic rings. The molecule has 0 amide bonds. The topological polar surface area (TPSA) is 63.5 Å². The van der Waals surface area contributed by atoms with Gasteiger partial charge in [-0.05, 0) is 35.4 Å². The van der Waals surface area contributed by atoms with Crippen LogP contribution in [0.2, 0.25) is 5.02 Å². The number of ether oxygens (including phenoxy) is 2. The average Bonchev–Trinajstić information content (AvgIpc) is 3.23. The Hall–Kier alpha value is -2.38. The van der Waals surface area contributed by atoms with Crippen LogP contribution in [0.25, 0.3) is 0 Å². The fourth-order valence-electron chi connectivity index (χ4n) is 3.50. The van der Waals surface area contributed by atoms with Crippen molar-refractivity contribution < 1.29 is 19.4 Å². The van der Waals surface area contributed by atoms with E-state index in [2.05, 4.69) is 16.6 Å². The number of halogens is 1. The van der Waals surface area contributed by atoms with Gasteiger partial charge in [-0.3, -0.25) is 4.90 Å². The highest BCUT2D eigenvalue weighted by molar-refractivity contribution is 6.30. The van der Waals surface area contributed by atoms with Crippen LogP contribution in [0.15, 0.2) is 66.3 Å². The highest BCUT2D eigenvalue weighted by Gasteiger charge is 2.26. The van der Waals surface area contributed by atoms with Crippen LogP contribution in [0.3, 0.4) is 0 Å². The summed E-state index contributed by atoms with van der Waals surface area (Å²) >= 11 is 5.98. The quantitative estimate of drug-likeness (QED) is 0.397. The van der Waals surface area contributed by atoms with Crippen LogP contribution in [0.4, 0.5) is 0 Å². The van der Waals surface area contributed by atoms with Crippen LogP contribution in [-0.4, -0.2) is 61.3 Å². The molecule has 0 radical (unpaired) electrons. The summed E-state index contributed by atoms with van der Waals surface area (Å²) in [5.74, 6) is 0.804. The van der Waals surface area contributed by atoms with E-state index in [0.29, 0.717) is 37.7 Å². The van der Waals surface area contributed by atoms with Gasteiger partial charge in [0, 0.05) is 31.1 Å². The normalized spacial score (nSPS) is 16.6. The molecule has 3 rings (SSSR count). The predicted octanol–water partition coefficient (Wildman–Crippen LogP) is 3.91. The van der Waals surface area contributed by atoms with Crippen LogP contribution in [-0.2, 0) is 16.1 Å². The van der Waals surface area contributed by atoms with Gasteiger partial charge in [0.05, 0.1) is 32.1 Å². The van der Waals surface area contributed by atoms with Gasteiger partial charge in [-0.2, -0.15) is 0 Å². The average molecular weight is 445 g/mol. The number of benzene rings is 2. The van der Waals surface area contributed by atoms with Gasteiger partial charge in [-0.25, -0.2) is 0 Å². The molecule has 0 bridgehead atoms. The summed E-state index contributed by atoms with van der Waals surface area (Å²) in [6.45, 7) is 6.01. The number of hydrogen-bond donors (Lipinski definition) is 1. The molecule has 166 valence electrons. The largest absolute Gasteiger partial charge is 0.497 e. The van der Waals surface area contributed by atoms with Crippen molar-refractivity contribution in [1.29, 1.82) is 0 Å². The number of rotatable bonds is 12. The number of hydrogen-bond acceptors (Lipinski definition) is 6. The molecular formula is C24H29ClN2O4. The first-order valence-corrected chi connectivity index (χ1v) is 10.7. The number of nitrogens with zero attached hydrogens (tertiary/aromatic N) is 2. The minimum atomic E-state index is -0.622. The summed E-state index contributed by atoms with van der Waals surface area (Å²) in [5, 5.41) is 15.4. The molecule has 2 unspecified atom stereocenters. The number of oxime groups is 1. The lowest BCUT2D eigenvalue weighted by molar-refractivity contribution is 0.00335. The van der Waals surface area contributed by atoms with Crippen molar-refractivity contribution in [2.24, 2.45) is 5.16 Å². The van der Waals surface area contributed by atoms with Crippen molar-refractivity contribution >= 4 is 17.3 Å². The molecule has 1 aliphatic heterocycles. The van der Waals surface area contributed by atoms with Crippen molar-refractivity contribution in [2.75, 3.05) is 33.4 Å². The highest BCUT2D eigenvalue weighted by Crippen LogP contribution is 2.21. The molecule has 0 fully saturated rings. The zero-order chi connectivity index (χ0) is 22.1. The van der Waals surface area contributed by atoms with E-state index in [1.807, 2.05) is 48.5 Å². The van der Waals surface area contributed by atoms with Crippen LogP contribution < -0.4 is 4.74 Å². The van der Waals surface area contributed by atoms with Crippen LogP contribution in [0.1, 0.15) is 17.5 Å². The maximum Gasteiger partial charge on any atom is 0.145 e. The Morgan fingerprint density at radius 3 is 2.87 bits per heavy atom. The van der Waals surface area contributed by atoms with Gasteiger partial charge < -0.3 is 19.4 Å². The van der Waals surface area contributed by atoms with Gasteiger partial charge in [-0.1, -0.05) is 47.1 Å². The molecule has 6 nitrogen and oxygen atoms in total. The second-order valence-electron chi connectivity index (χ2n) is 7.50. The Labute approximate surface area is 188 Å². The first kappa shape index (κ1) is 23.3. The van der Waals surface area contributed by atoms with Gasteiger partial charge in [0.2, 0.25) is 0 Å². The van der Waals surface area contributed by atoms with E-state index in [0.717, 1.165) is 22.6 Å². The minimum Gasteiger partial charge on any atom is -0.497 e. The molecule has 0 saturated carbocycles. The molecule has 0 spiro atoms. The summed E-state index contributed by atoms with van der Waals surface area (Å²) < 4.78 is 10.7. The third-order valence-electron chi connectivity index (χ3n) is 4.93. The predicted molar refractivity (Wildman–Crippen MR) is 123 cm³/mol. The van der Waals surface area contributed by atoms with Crippen LogP contribution >= 0.6 is 11.6 Å². The number of aliphatic hydroxyl groups excluding tert-OH is 1. The second kappa shape index (κ2) is 11.9. The molecule has 7 heteroatoms. The van der Waals surface area contributed by atoms with Crippen molar-refractivity contribution in [3.63, 3.8) is 0 Å². The Morgan fingerprint density at radius 2 is 2.13 bits per heavy atom. The van der Waals surface area contributed by atoms with E-state index in [1.165, 1.54) is 0 Å². The lowest BCUT2D eigenvalue weighted by atomic mass is 10.0. The van der Waals surface area contributed by atoms with Gasteiger partial charge in [0.1, 0.15) is 11.9 Å². The maximum absolute atomic E-state index is 10.4. The van der Waals surface area contributed by atoms with E-state index >= 15 is 0 Å². The van der Waals surface area contributed by atoms with Gasteiger partial charge in [-0.15, -0.1) is 6.58 Å². The van der Waals surface area contributed by atoms with E-state index in [4.69, 9.17) is 25.9 Å². The second-order valence-corrected chi connectivity index (χ2v) is 7.94. The van der Waals surface area contributed by atoms with Gasteiger partial charge in [0.25, 0.3) is 0 Å². The number of aliphatic hydroxyl groups is 1. The first-order chi connectivity index (χ1) is 15.1. The molecule has 31 heavy (non-hydrogen) atoms. The van der Waals surface area contributed by atoms with E-state index in [9.17, 15) is 5.11 Å². The van der Waals surface area contributed by atoms with Crippen molar-refractivity contribution in [3.8, 4) is 5.75 Å². The summed E-state index contributed by atoms with van der Waals surface area (Å²) in [4.78, 5) is 7.86. The van der Waals surface area contributed by atoms with Gasteiger partial charge in [0.15, 0.2) is 0 Å². The standard InChI is InChI=1S/C24H29ClN2O4/c1-3-11-30-17-21(28)15-27(14-18-5-4-6-22(12-18)29-2)16-23-13-24(26-31-23)19-7-9-20(25)10-8-19/h3-10,12,21,23,28H,1,11,13-17H2,2H3. The summed E-state index contributed by atoms with van der Waals surface area (Å²) in [7, 11) is 1.65. The Bertz CT molecular complexity index is 872. The van der Waals surface area contributed by atoms with E-state index in [-0.39, 0.29) is 12.7 Å². The molecule has 1 N–H and O–H groups in total. The molecule has 0 aromatic heterocycles. The van der Waals surface area contributed by atoms with E-state index in [1.54, 1.807) is 13.2 Å². The Balaban J connectivity index is 1.63. The van der Waals surface area contributed by atoms with Crippen LogP contribution in [0.5, 0.6) is 5.75 Å². The SMILES string of the molecule is C=CCOCC(O)CN(Cc1cccc(OC)c1)CC1CC(c2ccc(Cl)cc2)=NO1. The highest BCUT2D eigenvalue weighted by atomic mass is 35.5. The molecule has 2 aromatic carbocycles. The van der Waals surface area contributed by atoms with E-state index < -0.39 is 6.10 Å².